The number of hydrogen-bond donors (Lipinski definition) is 0. The minimum absolute atomic E-state index is 0.693. The Bertz CT molecular complexity index is 2070. The number of nitrogens with zero attached hydrogens (tertiary/aromatic N) is 2. The molecular formula is C34H20N2O2. The van der Waals surface area contributed by atoms with E-state index in [0.29, 0.717) is 5.82 Å². The Hall–Kier alpha value is -5.22. The van der Waals surface area contributed by atoms with Gasteiger partial charge in [-0.05, 0) is 36.4 Å². The lowest BCUT2D eigenvalue weighted by Gasteiger charge is -2.09. The van der Waals surface area contributed by atoms with Gasteiger partial charge in [0.25, 0.3) is 0 Å². The summed E-state index contributed by atoms with van der Waals surface area (Å²) in [5.41, 5.74) is 8.12. The molecule has 0 aliphatic heterocycles. The van der Waals surface area contributed by atoms with E-state index in [0.717, 1.165) is 72.0 Å². The van der Waals surface area contributed by atoms with E-state index < -0.39 is 0 Å². The predicted octanol–water partition coefficient (Wildman–Crippen LogP) is 9.28. The van der Waals surface area contributed by atoms with Crippen LogP contribution < -0.4 is 0 Å². The van der Waals surface area contributed by atoms with Gasteiger partial charge in [0, 0.05) is 38.2 Å². The lowest BCUT2D eigenvalue weighted by atomic mass is 10.0. The summed E-state index contributed by atoms with van der Waals surface area (Å²) in [5.74, 6) is 0.693. The second kappa shape index (κ2) is 8.15. The molecule has 0 saturated heterocycles. The third-order valence-corrected chi connectivity index (χ3v) is 7.10. The van der Waals surface area contributed by atoms with Crippen LogP contribution >= 0.6 is 0 Å². The average Bonchev–Trinajstić information content (AvgIpc) is 3.55. The van der Waals surface area contributed by atoms with Crippen LogP contribution in [0.1, 0.15) is 0 Å². The lowest BCUT2D eigenvalue weighted by molar-refractivity contribution is 0.663. The Morgan fingerprint density at radius 1 is 0.395 bits per heavy atom. The van der Waals surface area contributed by atoms with Crippen LogP contribution in [0.3, 0.4) is 0 Å². The molecule has 8 aromatic rings. The van der Waals surface area contributed by atoms with Gasteiger partial charge in [-0.3, -0.25) is 0 Å². The first-order valence-corrected chi connectivity index (χ1v) is 12.6. The van der Waals surface area contributed by atoms with Gasteiger partial charge >= 0.3 is 0 Å². The van der Waals surface area contributed by atoms with E-state index in [2.05, 4.69) is 36.4 Å². The maximum Gasteiger partial charge on any atom is 0.160 e. The molecular weight excluding hydrogens is 468 g/mol. The number of hydrogen-bond acceptors (Lipinski definition) is 4. The number of benzene rings is 5. The van der Waals surface area contributed by atoms with Gasteiger partial charge in [0.15, 0.2) is 5.82 Å². The zero-order valence-electron chi connectivity index (χ0n) is 20.3. The summed E-state index contributed by atoms with van der Waals surface area (Å²) in [6.07, 6.45) is 0. The van der Waals surface area contributed by atoms with Gasteiger partial charge < -0.3 is 8.83 Å². The summed E-state index contributed by atoms with van der Waals surface area (Å²) in [4.78, 5) is 9.88. The molecule has 0 spiro atoms. The number of fused-ring (bicyclic) bond motifs is 7. The van der Waals surface area contributed by atoms with Gasteiger partial charge in [0.1, 0.15) is 22.3 Å². The van der Waals surface area contributed by atoms with Crippen molar-refractivity contribution in [1.29, 1.82) is 0 Å². The first-order chi connectivity index (χ1) is 18.8. The molecule has 0 aliphatic rings. The van der Waals surface area contributed by atoms with E-state index in [4.69, 9.17) is 18.8 Å². The quantitative estimate of drug-likeness (QED) is 0.249. The van der Waals surface area contributed by atoms with E-state index in [9.17, 15) is 0 Å². The molecule has 0 radical (unpaired) electrons. The Morgan fingerprint density at radius 3 is 1.71 bits per heavy atom. The summed E-state index contributed by atoms with van der Waals surface area (Å²) >= 11 is 0. The van der Waals surface area contributed by atoms with Gasteiger partial charge in [-0.2, -0.15) is 0 Å². The number of para-hydroxylation sites is 1. The SMILES string of the molecule is c1ccc(-c2cc(-c3ccc4c(c3)oc3ccc5oc6ccccc6c5c34)nc(-c3ccccc3)n2)cc1. The molecule has 3 aromatic heterocycles. The van der Waals surface area contributed by atoms with Crippen molar-refractivity contribution < 1.29 is 8.83 Å². The third kappa shape index (κ3) is 3.24. The van der Waals surface area contributed by atoms with Gasteiger partial charge in [0.05, 0.1) is 11.4 Å². The van der Waals surface area contributed by atoms with Crippen molar-refractivity contribution in [2.24, 2.45) is 0 Å². The molecule has 0 bridgehead atoms. The van der Waals surface area contributed by atoms with E-state index in [1.165, 1.54) is 0 Å². The molecule has 0 N–H and O–H groups in total. The van der Waals surface area contributed by atoms with Gasteiger partial charge in [-0.15, -0.1) is 0 Å². The van der Waals surface area contributed by atoms with Gasteiger partial charge in [-0.1, -0.05) is 84.9 Å². The number of furan rings is 2. The second-order valence-corrected chi connectivity index (χ2v) is 9.42. The maximum absolute atomic E-state index is 6.39. The molecule has 0 amide bonds. The van der Waals surface area contributed by atoms with Crippen molar-refractivity contribution in [3.05, 3.63) is 121 Å². The molecule has 3 heterocycles. The van der Waals surface area contributed by atoms with Crippen LogP contribution in [-0.2, 0) is 0 Å². The Balaban J connectivity index is 1.35. The van der Waals surface area contributed by atoms with Crippen molar-refractivity contribution in [2.45, 2.75) is 0 Å². The summed E-state index contributed by atoms with van der Waals surface area (Å²) in [5, 5.41) is 4.31. The minimum atomic E-state index is 0.693. The van der Waals surface area contributed by atoms with Crippen LogP contribution in [0.25, 0.3) is 77.8 Å². The number of rotatable bonds is 3. The molecule has 0 saturated carbocycles. The van der Waals surface area contributed by atoms with Gasteiger partial charge in [0.2, 0.25) is 0 Å². The Kier molecular flexibility index (Phi) is 4.49. The molecule has 4 nitrogen and oxygen atoms in total. The lowest BCUT2D eigenvalue weighted by Crippen LogP contribution is -1.95. The third-order valence-electron chi connectivity index (χ3n) is 7.10. The molecule has 178 valence electrons. The van der Waals surface area contributed by atoms with Crippen molar-refractivity contribution in [2.75, 3.05) is 0 Å². The first-order valence-electron chi connectivity index (χ1n) is 12.6. The molecule has 0 atom stereocenters. The number of aromatic nitrogens is 2. The molecule has 8 rings (SSSR count). The van der Waals surface area contributed by atoms with Gasteiger partial charge in [-0.25, -0.2) is 9.97 Å². The molecule has 0 unspecified atom stereocenters. The largest absolute Gasteiger partial charge is 0.456 e. The van der Waals surface area contributed by atoms with E-state index in [-0.39, 0.29) is 0 Å². The first kappa shape index (κ1) is 20.9. The molecule has 5 aromatic carbocycles. The molecule has 4 heteroatoms. The minimum Gasteiger partial charge on any atom is -0.456 e. The van der Waals surface area contributed by atoms with Crippen LogP contribution in [0.15, 0.2) is 130 Å². The van der Waals surface area contributed by atoms with Crippen LogP contribution in [-0.4, -0.2) is 9.97 Å². The van der Waals surface area contributed by atoms with E-state index >= 15 is 0 Å². The summed E-state index contributed by atoms with van der Waals surface area (Å²) in [6, 6.07) is 40.8. The monoisotopic (exact) mass is 488 g/mol. The highest BCUT2D eigenvalue weighted by molar-refractivity contribution is 6.25. The second-order valence-electron chi connectivity index (χ2n) is 9.42. The van der Waals surface area contributed by atoms with Crippen LogP contribution in [0.5, 0.6) is 0 Å². The smallest absolute Gasteiger partial charge is 0.160 e. The molecule has 38 heavy (non-hydrogen) atoms. The normalized spacial score (nSPS) is 11.7. The fourth-order valence-corrected chi connectivity index (χ4v) is 5.31. The van der Waals surface area contributed by atoms with Crippen molar-refractivity contribution in [3.63, 3.8) is 0 Å². The van der Waals surface area contributed by atoms with Crippen LogP contribution in [0.2, 0.25) is 0 Å². The summed E-state index contributed by atoms with van der Waals surface area (Å²) < 4.78 is 12.5. The van der Waals surface area contributed by atoms with Crippen LogP contribution in [0.4, 0.5) is 0 Å². The summed E-state index contributed by atoms with van der Waals surface area (Å²) in [6.45, 7) is 0. The highest BCUT2D eigenvalue weighted by Crippen LogP contribution is 2.40. The zero-order chi connectivity index (χ0) is 25.1. The fraction of sp³-hybridized carbons (Fsp3) is 0. The van der Waals surface area contributed by atoms with Crippen molar-refractivity contribution in [1.82, 2.24) is 9.97 Å². The van der Waals surface area contributed by atoms with Crippen molar-refractivity contribution >= 4 is 43.9 Å². The Morgan fingerprint density at radius 2 is 0.974 bits per heavy atom. The fourth-order valence-electron chi connectivity index (χ4n) is 5.31. The Labute approximate surface area is 217 Å². The zero-order valence-corrected chi connectivity index (χ0v) is 20.3. The highest BCUT2D eigenvalue weighted by Gasteiger charge is 2.17. The van der Waals surface area contributed by atoms with Crippen molar-refractivity contribution in [3.8, 4) is 33.9 Å². The molecule has 0 aliphatic carbocycles. The van der Waals surface area contributed by atoms with E-state index in [1.807, 2.05) is 84.9 Å². The van der Waals surface area contributed by atoms with E-state index in [1.54, 1.807) is 0 Å². The maximum atomic E-state index is 6.39. The average molecular weight is 489 g/mol. The highest BCUT2D eigenvalue weighted by atomic mass is 16.3. The predicted molar refractivity (Wildman–Crippen MR) is 153 cm³/mol. The standard InChI is InChI=1S/C34H20N2O2/c1-3-9-21(10-4-1)26-20-27(36-34(35-26)22-11-5-2-6-12-22)23-15-16-25-31(19-23)38-30-18-17-29-32(33(25)30)24-13-7-8-14-28(24)37-29/h1-20H. The topological polar surface area (TPSA) is 52.1 Å². The van der Waals surface area contributed by atoms with Crippen LogP contribution in [0, 0.1) is 0 Å². The molecule has 0 fully saturated rings. The summed E-state index contributed by atoms with van der Waals surface area (Å²) in [7, 11) is 0.